The molecule has 0 bridgehead atoms. The number of aliphatic carboxylic acids is 1. The van der Waals surface area contributed by atoms with Crippen molar-refractivity contribution >= 4 is 30.1 Å². The number of amides is 3. The van der Waals surface area contributed by atoms with E-state index in [1.54, 1.807) is 57.2 Å². The van der Waals surface area contributed by atoms with Crippen molar-refractivity contribution in [2.24, 2.45) is 5.10 Å². The summed E-state index contributed by atoms with van der Waals surface area (Å²) in [6.45, 7) is 4.73. The maximum Gasteiger partial charge on any atom is 0.428 e. The van der Waals surface area contributed by atoms with E-state index < -0.39 is 42.2 Å². The minimum Gasteiger partial charge on any atom is -0.490 e. The Bertz CT molecular complexity index is 1090. The van der Waals surface area contributed by atoms with Crippen molar-refractivity contribution in [3.05, 3.63) is 65.2 Å². The van der Waals surface area contributed by atoms with Crippen LogP contribution >= 0.6 is 0 Å². The van der Waals surface area contributed by atoms with Gasteiger partial charge >= 0.3 is 12.1 Å². The number of hydroxylamine groups is 2. The number of hydrogen-bond donors (Lipinski definition) is 2. The zero-order chi connectivity index (χ0) is 24.9. The topological polar surface area (TPSA) is 144 Å². The van der Waals surface area contributed by atoms with Gasteiger partial charge in [-0.1, -0.05) is 12.1 Å². The van der Waals surface area contributed by atoms with E-state index in [0.29, 0.717) is 16.4 Å². The van der Waals surface area contributed by atoms with Gasteiger partial charge in [0.15, 0.2) is 0 Å². The molecule has 0 aromatic heterocycles. The number of fused-ring (bicyclic) bond motifs is 1. The Morgan fingerprint density at radius 1 is 1.06 bits per heavy atom. The lowest BCUT2D eigenvalue weighted by Crippen LogP contribution is -2.41. The molecule has 1 heterocycles. The SMILES string of the molecule is CC(C)(C)OC(=O)NN=Cc1ccc(OCC(ON2C(=O)c3ccccc3C2=O)C(=O)O)cc1. The molecule has 1 atom stereocenters. The van der Waals surface area contributed by atoms with Crippen molar-refractivity contribution in [3.63, 3.8) is 0 Å². The van der Waals surface area contributed by atoms with Crippen LogP contribution in [0.1, 0.15) is 47.1 Å². The summed E-state index contributed by atoms with van der Waals surface area (Å²) < 4.78 is 10.5. The van der Waals surface area contributed by atoms with E-state index in [1.807, 2.05) is 0 Å². The van der Waals surface area contributed by atoms with E-state index in [-0.39, 0.29) is 11.1 Å². The van der Waals surface area contributed by atoms with Crippen LogP contribution in [0.4, 0.5) is 4.79 Å². The van der Waals surface area contributed by atoms with Crippen LogP contribution in [-0.2, 0) is 14.4 Å². The summed E-state index contributed by atoms with van der Waals surface area (Å²) in [4.78, 5) is 53.1. The highest BCUT2D eigenvalue weighted by atomic mass is 16.7. The number of nitrogens with one attached hydrogen (secondary N) is 1. The second-order valence-electron chi connectivity index (χ2n) is 8.13. The van der Waals surface area contributed by atoms with Gasteiger partial charge in [0.05, 0.1) is 17.3 Å². The third-order valence-corrected chi connectivity index (χ3v) is 4.31. The standard InChI is InChI=1S/C23H23N3O8/c1-23(2,3)33-22(31)25-24-12-14-8-10-15(11-9-14)32-13-18(21(29)30)34-26-19(27)16-6-4-5-7-17(16)20(26)28/h4-12,18H,13H2,1-3H3,(H,25,31)(H,29,30). The average molecular weight is 469 g/mol. The predicted molar refractivity (Wildman–Crippen MR) is 118 cm³/mol. The number of ether oxygens (including phenoxy) is 2. The predicted octanol–water partition coefficient (Wildman–Crippen LogP) is 2.61. The first-order valence-corrected chi connectivity index (χ1v) is 10.2. The summed E-state index contributed by atoms with van der Waals surface area (Å²) in [5, 5.41) is 13.7. The van der Waals surface area contributed by atoms with Crippen LogP contribution in [0, 0.1) is 0 Å². The molecule has 2 aromatic rings. The Balaban J connectivity index is 1.55. The molecular formula is C23H23N3O8. The minimum absolute atomic E-state index is 0.135. The summed E-state index contributed by atoms with van der Waals surface area (Å²) in [6, 6.07) is 12.4. The number of carboxylic acids is 1. The van der Waals surface area contributed by atoms with Gasteiger partial charge in [-0.3, -0.25) is 9.59 Å². The lowest BCUT2D eigenvalue weighted by Gasteiger charge is -2.19. The number of imide groups is 1. The lowest BCUT2D eigenvalue weighted by atomic mass is 10.1. The first kappa shape index (κ1) is 24.4. The van der Waals surface area contributed by atoms with Crippen molar-refractivity contribution < 1.29 is 38.6 Å². The van der Waals surface area contributed by atoms with Gasteiger partial charge in [-0.2, -0.15) is 5.10 Å². The van der Waals surface area contributed by atoms with Gasteiger partial charge in [-0.05, 0) is 62.7 Å². The average Bonchev–Trinajstić information content (AvgIpc) is 3.01. The highest BCUT2D eigenvalue weighted by Gasteiger charge is 2.39. The number of hydrazone groups is 1. The van der Waals surface area contributed by atoms with E-state index >= 15 is 0 Å². The Labute approximate surface area is 194 Å². The van der Waals surface area contributed by atoms with E-state index in [4.69, 9.17) is 14.3 Å². The third kappa shape index (κ3) is 6.17. The number of nitrogens with zero attached hydrogens (tertiary/aromatic N) is 2. The number of hydrogen-bond acceptors (Lipinski definition) is 8. The first-order chi connectivity index (χ1) is 16.0. The van der Waals surface area contributed by atoms with Crippen LogP contribution in [0.15, 0.2) is 53.6 Å². The molecule has 1 unspecified atom stereocenters. The summed E-state index contributed by atoms with van der Waals surface area (Å²) in [6.07, 6.45) is -0.915. The normalized spacial score (nSPS) is 14.1. The summed E-state index contributed by atoms with van der Waals surface area (Å²) in [7, 11) is 0. The highest BCUT2D eigenvalue weighted by Crippen LogP contribution is 2.23. The zero-order valence-corrected chi connectivity index (χ0v) is 18.7. The fourth-order valence-corrected chi connectivity index (χ4v) is 2.82. The van der Waals surface area contributed by atoms with Crippen molar-refractivity contribution in [2.45, 2.75) is 32.5 Å². The summed E-state index contributed by atoms with van der Waals surface area (Å²) in [5.74, 6) is -2.58. The molecule has 178 valence electrons. The smallest absolute Gasteiger partial charge is 0.428 e. The Morgan fingerprint density at radius 2 is 1.65 bits per heavy atom. The summed E-state index contributed by atoms with van der Waals surface area (Å²) in [5.41, 5.74) is 2.49. The number of benzene rings is 2. The zero-order valence-electron chi connectivity index (χ0n) is 18.7. The second-order valence-corrected chi connectivity index (χ2v) is 8.13. The fraction of sp³-hybridized carbons (Fsp3) is 0.261. The quantitative estimate of drug-likeness (QED) is 0.341. The third-order valence-electron chi connectivity index (χ3n) is 4.31. The molecule has 3 amide bonds. The molecule has 0 fully saturated rings. The molecule has 2 aromatic carbocycles. The molecule has 34 heavy (non-hydrogen) atoms. The largest absolute Gasteiger partial charge is 0.490 e. The van der Waals surface area contributed by atoms with Crippen LogP contribution in [0.2, 0.25) is 0 Å². The van der Waals surface area contributed by atoms with Crippen LogP contribution < -0.4 is 10.2 Å². The van der Waals surface area contributed by atoms with Crippen molar-refractivity contribution in [2.75, 3.05) is 6.61 Å². The monoisotopic (exact) mass is 469 g/mol. The molecule has 0 saturated heterocycles. The Hall–Kier alpha value is -4.25. The van der Waals surface area contributed by atoms with Gasteiger partial charge in [0, 0.05) is 0 Å². The van der Waals surface area contributed by atoms with Gasteiger partial charge in [0.2, 0.25) is 6.10 Å². The van der Waals surface area contributed by atoms with Crippen LogP contribution in [0.25, 0.3) is 0 Å². The molecule has 1 aliphatic rings. The molecule has 0 saturated carbocycles. The molecule has 11 nitrogen and oxygen atoms in total. The van der Waals surface area contributed by atoms with Crippen molar-refractivity contribution in [1.29, 1.82) is 0 Å². The lowest BCUT2D eigenvalue weighted by molar-refractivity contribution is -0.178. The molecule has 0 radical (unpaired) electrons. The van der Waals surface area contributed by atoms with Crippen LogP contribution in [0.5, 0.6) is 5.75 Å². The van der Waals surface area contributed by atoms with E-state index in [0.717, 1.165) is 0 Å². The molecule has 2 N–H and O–H groups in total. The van der Waals surface area contributed by atoms with Crippen molar-refractivity contribution in [3.8, 4) is 5.75 Å². The van der Waals surface area contributed by atoms with Crippen LogP contribution in [0.3, 0.4) is 0 Å². The molecule has 1 aliphatic heterocycles. The number of carbonyl (C=O) groups is 4. The molecule has 0 aliphatic carbocycles. The van der Waals surface area contributed by atoms with Gasteiger partial charge in [-0.25, -0.2) is 19.9 Å². The van der Waals surface area contributed by atoms with E-state index in [9.17, 15) is 24.3 Å². The van der Waals surface area contributed by atoms with Crippen LogP contribution in [-0.4, -0.2) is 58.6 Å². The van der Waals surface area contributed by atoms with E-state index in [2.05, 4.69) is 10.5 Å². The van der Waals surface area contributed by atoms with Gasteiger partial charge in [0.25, 0.3) is 11.8 Å². The Kier molecular flexibility index (Phi) is 7.27. The maximum absolute atomic E-state index is 12.4. The van der Waals surface area contributed by atoms with Gasteiger partial charge in [0.1, 0.15) is 18.0 Å². The number of rotatable bonds is 8. The first-order valence-electron chi connectivity index (χ1n) is 10.2. The second kappa shape index (κ2) is 10.1. The van der Waals surface area contributed by atoms with Gasteiger partial charge < -0.3 is 14.6 Å². The number of carbonyl (C=O) groups excluding carboxylic acids is 3. The maximum atomic E-state index is 12.4. The Morgan fingerprint density at radius 3 is 2.18 bits per heavy atom. The van der Waals surface area contributed by atoms with E-state index in [1.165, 1.54) is 18.3 Å². The number of carboxylic acid groups (broad SMARTS) is 1. The molecule has 11 heteroatoms. The fourth-order valence-electron chi connectivity index (χ4n) is 2.82. The van der Waals surface area contributed by atoms with Crippen molar-refractivity contribution in [1.82, 2.24) is 10.5 Å². The molecule has 0 spiro atoms. The van der Waals surface area contributed by atoms with Gasteiger partial charge in [-0.15, -0.1) is 5.06 Å². The highest BCUT2D eigenvalue weighted by molar-refractivity contribution is 6.20. The molecular weight excluding hydrogens is 446 g/mol. The minimum atomic E-state index is -1.61. The molecule has 3 rings (SSSR count). The summed E-state index contributed by atoms with van der Waals surface area (Å²) >= 11 is 0.